The monoisotopic (exact) mass is 246 g/mol. The highest BCUT2D eigenvalue weighted by molar-refractivity contribution is 6.33. The molecule has 1 aromatic rings. The normalized spacial score (nSPS) is 9.88. The average Bonchev–Trinajstić information content (AvgIpc) is 2.21. The number of primary amides is 1. The molecule has 2 amide bonds. The van der Waals surface area contributed by atoms with Crippen molar-refractivity contribution in [2.24, 2.45) is 5.73 Å². The molecule has 0 unspecified atom stereocenters. The second kappa shape index (κ2) is 5.43. The lowest BCUT2D eigenvalue weighted by Gasteiger charge is -2.05. The number of hydrogen-bond donors (Lipinski definition) is 2. The predicted octanol–water partition coefficient (Wildman–Crippen LogP) is 0.626. The van der Waals surface area contributed by atoms with Crippen LogP contribution in [0.3, 0.4) is 0 Å². The summed E-state index contributed by atoms with van der Waals surface area (Å²) >= 11 is 5.55. The minimum absolute atomic E-state index is 0.0915. The summed E-state index contributed by atoms with van der Waals surface area (Å²) < 4.78 is 13.0. The van der Waals surface area contributed by atoms with Crippen molar-refractivity contribution < 1.29 is 18.8 Å². The SMILES string of the molecule is NC(=O)CONC(=O)c1cccc(F)c1Cl. The van der Waals surface area contributed by atoms with Crippen molar-refractivity contribution in [1.82, 2.24) is 5.48 Å². The molecule has 16 heavy (non-hydrogen) atoms. The number of benzene rings is 1. The highest BCUT2D eigenvalue weighted by atomic mass is 35.5. The molecular formula is C9H8ClFN2O3. The van der Waals surface area contributed by atoms with Gasteiger partial charge in [-0.3, -0.25) is 14.4 Å². The van der Waals surface area contributed by atoms with Crippen LogP contribution in [0.1, 0.15) is 10.4 Å². The molecule has 0 aliphatic heterocycles. The molecule has 0 spiro atoms. The van der Waals surface area contributed by atoms with Gasteiger partial charge in [0.1, 0.15) is 5.82 Å². The maximum atomic E-state index is 13.0. The molecule has 3 N–H and O–H groups in total. The minimum atomic E-state index is -0.759. The number of hydrogen-bond acceptors (Lipinski definition) is 3. The first-order valence-corrected chi connectivity index (χ1v) is 4.54. The van der Waals surface area contributed by atoms with Crippen molar-refractivity contribution in [2.75, 3.05) is 6.61 Å². The number of hydroxylamine groups is 1. The van der Waals surface area contributed by atoms with Crippen LogP contribution >= 0.6 is 11.6 Å². The third-order valence-electron chi connectivity index (χ3n) is 1.58. The van der Waals surface area contributed by atoms with E-state index in [1.165, 1.54) is 12.1 Å². The van der Waals surface area contributed by atoms with Crippen molar-refractivity contribution in [3.63, 3.8) is 0 Å². The van der Waals surface area contributed by atoms with Crippen molar-refractivity contribution in [2.45, 2.75) is 0 Å². The number of amides is 2. The van der Waals surface area contributed by atoms with Gasteiger partial charge < -0.3 is 5.73 Å². The Kier molecular flexibility index (Phi) is 4.21. The zero-order chi connectivity index (χ0) is 12.1. The quantitative estimate of drug-likeness (QED) is 0.765. The van der Waals surface area contributed by atoms with Crippen molar-refractivity contribution in [1.29, 1.82) is 0 Å². The Hall–Kier alpha value is -1.66. The lowest BCUT2D eigenvalue weighted by atomic mass is 10.2. The Labute approximate surface area is 95.3 Å². The van der Waals surface area contributed by atoms with Gasteiger partial charge in [-0.25, -0.2) is 9.87 Å². The molecule has 0 fully saturated rings. The van der Waals surface area contributed by atoms with E-state index in [1.807, 2.05) is 5.48 Å². The molecule has 1 rings (SSSR count). The van der Waals surface area contributed by atoms with E-state index in [9.17, 15) is 14.0 Å². The fourth-order valence-corrected chi connectivity index (χ4v) is 1.12. The summed E-state index contributed by atoms with van der Waals surface area (Å²) in [6.45, 7) is -0.474. The third-order valence-corrected chi connectivity index (χ3v) is 1.96. The van der Waals surface area contributed by atoms with Gasteiger partial charge in [-0.15, -0.1) is 0 Å². The molecule has 1 aromatic carbocycles. The van der Waals surface area contributed by atoms with E-state index in [-0.39, 0.29) is 10.6 Å². The number of halogens is 2. The molecule has 0 heterocycles. The van der Waals surface area contributed by atoms with Crippen molar-refractivity contribution >= 4 is 23.4 Å². The summed E-state index contributed by atoms with van der Waals surface area (Å²) in [4.78, 5) is 26.1. The summed E-state index contributed by atoms with van der Waals surface area (Å²) in [5.41, 5.74) is 6.59. The fraction of sp³-hybridized carbons (Fsp3) is 0.111. The molecule has 0 aromatic heterocycles. The zero-order valence-corrected chi connectivity index (χ0v) is 8.75. The number of nitrogens with two attached hydrogens (primary N) is 1. The van der Waals surface area contributed by atoms with Crippen LogP contribution < -0.4 is 11.2 Å². The van der Waals surface area contributed by atoms with Crippen LogP contribution in [-0.4, -0.2) is 18.4 Å². The number of carbonyl (C=O) groups is 2. The highest BCUT2D eigenvalue weighted by Gasteiger charge is 2.13. The van der Waals surface area contributed by atoms with Crippen LogP contribution in [0.5, 0.6) is 0 Å². The maximum Gasteiger partial charge on any atom is 0.276 e. The number of rotatable bonds is 4. The summed E-state index contributed by atoms with van der Waals surface area (Å²) in [6.07, 6.45) is 0. The van der Waals surface area contributed by atoms with E-state index < -0.39 is 24.2 Å². The molecule has 0 bridgehead atoms. The van der Waals surface area contributed by atoms with Gasteiger partial charge >= 0.3 is 0 Å². The molecule has 0 saturated carbocycles. The van der Waals surface area contributed by atoms with E-state index in [0.717, 1.165) is 6.07 Å². The van der Waals surface area contributed by atoms with E-state index in [1.54, 1.807) is 0 Å². The Bertz CT molecular complexity index is 425. The molecule has 86 valence electrons. The van der Waals surface area contributed by atoms with Gasteiger partial charge in [0.05, 0.1) is 10.6 Å². The van der Waals surface area contributed by atoms with Crippen LogP contribution in [-0.2, 0) is 9.63 Å². The Balaban J connectivity index is 2.66. The fourth-order valence-electron chi connectivity index (χ4n) is 0.907. The van der Waals surface area contributed by atoms with Gasteiger partial charge in [-0.2, -0.15) is 0 Å². The van der Waals surface area contributed by atoms with Crippen LogP contribution in [0.25, 0.3) is 0 Å². The molecular weight excluding hydrogens is 239 g/mol. The van der Waals surface area contributed by atoms with Crippen LogP contribution in [0.2, 0.25) is 5.02 Å². The van der Waals surface area contributed by atoms with Gasteiger partial charge in [-0.1, -0.05) is 17.7 Å². The molecule has 5 nitrogen and oxygen atoms in total. The van der Waals surface area contributed by atoms with E-state index in [0.29, 0.717) is 0 Å². The van der Waals surface area contributed by atoms with Crippen LogP contribution in [0.15, 0.2) is 18.2 Å². The molecule has 0 radical (unpaired) electrons. The smallest absolute Gasteiger partial charge is 0.276 e. The van der Waals surface area contributed by atoms with Crippen molar-refractivity contribution in [3.8, 4) is 0 Å². The average molecular weight is 247 g/mol. The summed E-state index contributed by atoms with van der Waals surface area (Å²) in [5, 5.41) is -0.317. The predicted molar refractivity (Wildman–Crippen MR) is 54.0 cm³/mol. The summed E-state index contributed by atoms with van der Waals surface area (Å²) in [5.74, 6) is -2.22. The lowest BCUT2D eigenvalue weighted by Crippen LogP contribution is -2.29. The molecule has 7 heteroatoms. The molecule has 0 saturated heterocycles. The first-order chi connectivity index (χ1) is 7.52. The molecule has 0 aliphatic carbocycles. The second-order valence-corrected chi connectivity index (χ2v) is 3.17. The minimum Gasteiger partial charge on any atom is -0.368 e. The second-order valence-electron chi connectivity index (χ2n) is 2.79. The van der Waals surface area contributed by atoms with Gasteiger partial charge in [0.15, 0.2) is 6.61 Å². The topological polar surface area (TPSA) is 81.4 Å². The standard InChI is InChI=1S/C9H8ClFN2O3/c10-8-5(2-1-3-6(8)11)9(15)13-16-4-7(12)14/h1-3H,4H2,(H2,12,14)(H,13,15). The van der Waals surface area contributed by atoms with Gasteiger partial charge in [0.2, 0.25) is 5.91 Å². The molecule has 0 atom stereocenters. The Morgan fingerprint density at radius 1 is 1.50 bits per heavy atom. The van der Waals surface area contributed by atoms with E-state index in [4.69, 9.17) is 17.3 Å². The van der Waals surface area contributed by atoms with Crippen LogP contribution in [0.4, 0.5) is 4.39 Å². The van der Waals surface area contributed by atoms with Gasteiger partial charge in [0, 0.05) is 0 Å². The lowest BCUT2D eigenvalue weighted by molar-refractivity contribution is -0.124. The van der Waals surface area contributed by atoms with Crippen LogP contribution in [0, 0.1) is 5.82 Å². The summed E-state index contributed by atoms with van der Waals surface area (Å²) in [7, 11) is 0. The zero-order valence-electron chi connectivity index (χ0n) is 8.00. The number of nitrogens with one attached hydrogen (secondary N) is 1. The van der Waals surface area contributed by atoms with Gasteiger partial charge in [0.25, 0.3) is 5.91 Å². The third kappa shape index (κ3) is 3.18. The Morgan fingerprint density at radius 2 is 2.19 bits per heavy atom. The van der Waals surface area contributed by atoms with Crippen molar-refractivity contribution in [3.05, 3.63) is 34.6 Å². The Morgan fingerprint density at radius 3 is 2.81 bits per heavy atom. The van der Waals surface area contributed by atoms with E-state index in [2.05, 4.69) is 4.84 Å². The maximum absolute atomic E-state index is 13.0. The number of carbonyl (C=O) groups excluding carboxylic acids is 2. The summed E-state index contributed by atoms with van der Waals surface area (Å²) in [6, 6.07) is 3.75. The first-order valence-electron chi connectivity index (χ1n) is 4.17. The largest absolute Gasteiger partial charge is 0.368 e. The first kappa shape index (κ1) is 12.4. The highest BCUT2D eigenvalue weighted by Crippen LogP contribution is 2.19. The van der Waals surface area contributed by atoms with Gasteiger partial charge in [-0.05, 0) is 12.1 Å². The molecule has 0 aliphatic rings. The van der Waals surface area contributed by atoms with E-state index >= 15 is 0 Å².